The zero-order chi connectivity index (χ0) is 17.3. The van der Waals surface area contributed by atoms with E-state index in [4.69, 9.17) is 9.47 Å². The summed E-state index contributed by atoms with van der Waals surface area (Å²) >= 11 is 0. The highest BCUT2D eigenvalue weighted by Gasteiger charge is 2.22. The van der Waals surface area contributed by atoms with Crippen LogP contribution in [0.1, 0.15) is 35.6 Å². The Kier molecular flexibility index (Phi) is 4.46. The molecule has 0 bridgehead atoms. The van der Waals surface area contributed by atoms with Crippen LogP contribution in [-0.2, 0) is 13.6 Å². The lowest BCUT2D eigenvalue weighted by atomic mass is 10.1. The van der Waals surface area contributed by atoms with Crippen molar-refractivity contribution in [3.05, 3.63) is 41.2 Å². The SMILES string of the molecule is Cc1cc(C(=O)N(Cc2ccc3c(c2)OCO3)CC(C)C)n(C)n1. The van der Waals surface area contributed by atoms with E-state index in [2.05, 4.69) is 18.9 Å². The summed E-state index contributed by atoms with van der Waals surface area (Å²) in [6.07, 6.45) is 0. The Hall–Kier alpha value is -2.50. The number of ether oxygens (including phenoxy) is 2. The van der Waals surface area contributed by atoms with E-state index in [-0.39, 0.29) is 12.7 Å². The second-order valence-corrected chi connectivity index (χ2v) is 6.56. The quantitative estimate of drug-likeness (QED) is 0.846. The third-order valence-electron chi connectivity index (χ3n) is 3.90. The largest absolute Gasteiger partial charge is 0.454 e. The predicted octanol–water partition coefficient (Wildman–Crippen LogP) is 2.76. The first-order valence-corrected chi connectivity index (χ1v) is 8.12. The molecule has 2 heterocycles. The van der Waals surface area contributed by atoms with Crippen LogP contribution in [0.15, 0.2) is 24.3 Å². The first kappa shape index (κ1) is 16.4. The summed E-state index contributed by atoms with van der Waals surface area (Å²) < 4.78 is 12.4. The monoisotopic (exact) mass is 329 g/mol. The van der Waals surface area contributed by atoms with Crippen LogP contribution in [0.25, 0.3) is 0 Å². The molecule has 24 heavy (non-hydrogen) atoms. The number of aryl methyl sites for hydroxylation is 2. The molecule has 0 N–H and O–H groups in total. The summed E-state index contributed by atoms with van der Waals surface area (Å²) in [6.45, 7) is 7.56. The molecule has 0 spiro atoms. The van der Waals surface area contributed by atoms with Crippen LogP contribution in [-0.4, -0.2) is 33.9 Å². The normalized spacial score (nSPS) is 12.7. The Morgan fingerprint density at radius 3 is 2.71 bits per heavy atom. The molecule has 6 nitrogen and oxygen atoms in total. The van der Waals surface area contributed by atoms with Crippen LogP contribution < -0.4 is 9.47 Å². The van der Waals surface area contributed by atoms with E-state index < -0.39 is 0 Å². The number of fused-ring (bicyclic) bond motifs is 1. The minimum Gasteiger partial charge on any atom is -0.454 e. The Morgan fingerprint density at radius 1 is 1.29 bits per heavy atom. The van der Waals surface area contributed by atoms with Crippen molar-refractivity contribution in [1.82, 2.24) is 14.7 Å². The second-order valence-electron chi connectivity index (χ2n) is 6.56. The molecule has 3 rings (SSSR count). The second kappa shape index (κ2) is 6.55. The average Bonchev–Trinajstić information content (AvgIpc) is 3.10. The van der Waals surface area contributed by atoms with Crippen molar-refractivity contribution in [2.75, 3.05) is 13.3 Å². The molecule has 1 aromatic heterocycles. The molecule has 0 saturated heterocycles. The summed E-state index contributed by atoms with van der Waals surface area (Å²) in [7, 11) is 1.80. The minimum atomic E-state index is -0.00975. The first-order valence-electron chi connectivity index (χ1n) is 8.12. The molecule has 128 valence electrons. The number of hydrogen-bond donors (Lipinski definition) is 0. The van der Waals surface area contributed by atoms with Gasteiger partial charge in [0, 0.05) is 20.1 Å². The molecule has 0 fully saturated rings. The van der Waals surface area contributed by atoms with Crippen molar-refractivity contribution in [2.24, 2.45) is 13.0 Å². The van der Waals surface area contributed by atoms with E-state index >= 15 is 0 Å². The fourth-order valence-electron chi connectivity index (χ4n) is 2.89. The van der Waals surface area contributed by atoms with E-state index in [1.165, 1.54) is 0 Å². The maximum atomic E-state index is 13.0. The van der Waals surface area contributed by atoms with Gasteiger partial charge in [-0.3, -0.25) is 9.48 Å². The molecular weight excluding hydrogens is 306 g/mol. The number of hydrogen-bond acceptors (Lipinski definition) is 4. The maximum Gasteiger partial charge on any atom is 0.272 e. The van der Waals surface area contributed by atoms with Gasteiger partial charge in [-0.15, -0.1) is 0 Å². The zero-order valence-corrected chi connectivity index (χ0v) is 14.6. The maximum absolute atomic E-state index is 13.0. The van der Waals surface area contributed by atoms with E-state index in [0.717, 1.165) is 22.8 Å². The lowest BCUT2D eigenvalue weighted by Crippen LogP contribution is -2.34. The Balaban J connectivity index is 1.83. The third kappa shape index (κ3) is 3.37. The summed E-state index contributed by atoms with van der Waals surface area (Å²) in [5.41, 5.74) is 2.47. The fraction of sp³-hybridized carbons (Fsp3) is 0.444. The van der Waals surface area contributed by atoms with Gasteiger partial charge in [0.2, 0.25) is 6.79 Å². The summed E-state index contributed by atoms with van der Waals surface area (Å²) in [4.78, 5) is 14.8. The summed E-state index contributed by atoms with van der Waals surface area (Å²) in [5, 5.41) is 4.28. The molecule has 0 atom stereocenters. The molecule has 1 aliphatic heterocycles. The van der Waals surface area contributed by atoms with Crippen LogP contribution in [0, 0.1) is 12.8 Å². The van der Waals surface area contributed by atoms with Gasteiger partial charge in [0.15, 0.2) is 11.5 Å². The topological polar surface area (TPSA) is 56.6 Å². The molecular formula is C18H23N3O3. The van der Waals surface area contributed by atoms with Crippen LogP contribution in [0.4, 0.5) is 0 Å². The van der Waals surface area contributed by atoms with Crippen molar-refractivity contribution >= 4 is 5.91 Å². The van der Waals surface area contributed by atoms with Crippen molar-refractivity contribution in [1.29, 1.82) is 0 Å². The molecule has 2 aromatic rings. The predicted molar refractivity (Wildman–Crippen MR) is 90.1 cm³/mol. The average molecular weight is 329 g/mol. The molecule has 1 amide bonds. The number of rotatable bonds is 5. The Morgan fingerprint density at radius 2 is 2.04 bits per heavy atom. The number of nitrogens with zero attached hydrogens (tertiary/aromatic N) is 3. The van der Waals surface area contributed by atoms with Gasteiger partial charge in [0.1, 0.15) is 5.69 Å². The van der Waals surface area contributed by atoms with E-state index in [9.17, 15) is 4.79 Å². The minimum absolute atomic E-state index is 0.00975. The van der Waals surface area contributed by atoms with Crippen LogP contribution in [0.5, 0.6) is 11.5 Å². The van der Waals surface area contributed by atoms with Crippen molar-refractivity contribution < 1.29 is 14.3 Å². The first-order chi connectivity index (χ1) is 11.4. The van der Waals surface area contributed by atoms with Gasteiger partial charge in [-0.25, -0.2) is 0 Å². The van der Waals surface area contributed by atoms with Crippen molar-refractivity contribution in [2.45, 2.75) is 27.3 Å². The molecule has 0 radical (unpaired) electrons. The number of carbonyl (C=O) groups is 1. The number of amides is 1. The van der Waals surface area contributed by atoms with E-state index in [0.29, 0.717) is 24.7 Å². The van der Waals surface area contributed by atoms with Crippen LogP contribution in [0.2, 0.25) is 0 Å². The zero-order valence-electron chi connectivity index (χ0n) is 14.6. The van der Waals surface area contributed by atoms with Gasteiger partial charge in [-0.05, 0) is 36.6 Å². The third-order valence-corrected chi connectivity index (χ3v) is 3.90. The number of aromatic nitrogens is 2. The van der Waals surface area contributed by atoms with E-state index in [1.807, 2.05) is 36.1 Å². The van der Waals surface area contributed by atoms with Gasteiger partial charge in [0.05, 0.1) is 5.69 Å². The summed E-state index contributed by atoms with van der Waals surface area (Å²) in [5.74, 6) is 1.85. The summed E-state index contributed by atoms with van der Waals surface area (Å²) in [6, 6.07) is 7.64. The van der Waals surface area contributed by atoms with E-state index in [1.54, 1.807) is 11.7 Å². The van der Waals surface area contributed by atoms with Crippen molar-refractivity contribution in [3.63, 3.8) is 0 Å². The van der Waals surface area contributed by atoms with Crippen LogP contribution >= 0.6 is 0 Å². The highest BCUT2D eigenvalue weighted by atomic mass is 16.7. The molecule has 0 unspecified atom stereocenters. The molecule has 0 aliphatic carbocycles. The van der Waals surface area contributed by atoms with Crippen LogP contribution in [0.3, 0.4) is 0 Å². The lowest BCUT2D eigenvalue weighted by molar-refractivity contribution is 0.0711. The molecule has 1 aliphatic rings. The lowest BCUT2D eigenvalue weighted by Gasteiger charge is -2.25. The number of benzene rings is 1. The molecule has 1 aromatic carbocycles. The van der Waals surface area contributed by atoms with Gasteiger partial charge < -0.3 is 14.4 Å². The van der Waals surface area contributed by atoms with Gasteiger partial charge in [0.25, 0.3) is 5.91 Å². The fourth-order valence-corrected chi connectivity index (χ4v) is 2.89. The highest BCUT2D eigenvalue weighted by molar-refractivity contribution is 5.92. The molecule has 0 saturated carbocycles. The molecule has 6 heteroatoms. The van der Waals surface area contributed by atoms with Gasteiger partial charge in [-0.1, -0.05) is 19.9 Å². The van der Waals surface area contributed by atoms with Gasteiger partial charge >= 0.3 is 0 Å². The highest BCUT2D eigenvalue weighted by Crippen LogP contribution is 2.33. The Bertz CT molecular complexity index is 752. The Labute approximate surface area is 142 Å². The van der Waals surface area contributed by atoms with Gasteiger partial charge in [-0.2, -0.15) is 5.10 Å². The smallest absolute Gasteiger partial charge is 0.272 e. The standard InChI is InChI=1S/C18H23N3O3/c1-12(2)9-21(18(22)15-7-13(3)19-20(15)4)10-14-5-6-16-17(8-14)24-11-23-16/h5-8,12H,9-11H2,1-4H3. The van der Waals surface area contributed by atoms with Crippen molar-refractivity contribution in [3.8, 4) is 11.5 Å². The number of carbonyl (C=O) groups excluding carboxylic acids is 1.